The number of rotatable bonds is 3. The molecule has 112 valence electrons. The van der Waals surface area contributed by atoms with E-state index in [4.69, 9.17) is 4.74 Å². The number of ketones is 1. The van der Waals surface area contributed by atoms with Crippen molar-refractivity contribution in [1.82, 2.24) is 0 Å². The van der Waals surface area contributed by atoms with Gasteiger partial charge in [-0.25, -0.2) is 0 Å². The third-order valence-electron chi connectivity index (χ3n) is 4.47. The molecule has 3 aromatic rings. The summed E-state index contributed by atoms with van der Waals surface area (Å²) in [6, 6.07) is 23.7. The highest BCUT2D eigenvalue weighted by molar-refractivity contribution is 6.07. The minimum Gasteiger partial charge on any atom is -0.497 e. The standard InChI is InChI=1S/C21H16O2/c1-23-15-12-10-14(11-13-15)21(22)20-18-8-4-2-6-16(18)17-7-3-5-9-19(17)20/h2-13,20H,1H3. The maximum Gasteiger partial charge on any atom is 0.174 e. The molecule has 2 heteroatoms. The summed E-state index contributed by atoms with van der Waals surface area (Å²) in [5.74, 6) is 0.662. The normalized spacial score (nSPS) is 12.6. The van der Waals surface area contributed by atoms with Crippen LogP contribution in [0.1, 0.15) is 27.4 Å². The lowest BCUT2D eigenvalue weighted by molar-refractivity contribution is 0.0975. The zero-order valence-electron chi connectivity index (χ0n) is 12.8. The monoisotopic (exact) mass is 300 g/mol. The maximum atomic E-state index is 13.1. The molecule has 0 N–H and O–H groups in total. The number of carbonyl (C=O) groups is 1. The molecule has 0 saturated carbocycles. The van der Waals surface area contributed by atoms with E-state index in [1.54, 1.807) is 7.11 Å². The van der Waals surface area contributed by atoms with Crippen LogP contribution in [-0.4, -0.2) is 12.9 Å². The van der Waals surface area contributed by atoms with E-state index < -0.39 is 0 Å². The van der Waals surface area contributed by atoms with Crippen molar-refractivity contribution in [2.75, 3.05) is 7.11 Å². The van der Waals surface area contributed by atoms with Crippen LogP contribution in [-0.2, 0) is 0 Å². The summed E-state index contributed by atoms with van der Waals surface area (Å²) in [7, 11) is 1.63. The van der Waals surface area contributed by atoms with Gasteiger partial charge >= 0.3 is 0 Å². The Kier molecular flexibility index (Phi) is 3.23. The Labute approximate surface area is 135 Å². The highest BCUT2D eigenvalue weighted by Crippen LogP contribution is 2.45. The molecule has 0 fully saturated rings. The Balaban J connectivity index is 1.83. The molecule has 0 aromatic heterocycles. The summed E-state index contributed by atoms with van der Waals surface area (Å²) in [6.07, 6.45) is 0. The highest BCUT2D eigenvalue weighted by atomic mass is 16.5. The molecule has 0 spiro atoms. The average molecular weight is 300 g/mol. The number of Topliss-reactive ketones (excluding diaryl/α,β-unsaturated/α-hetero) is 1. The van der Waals surface area contributed by atoms with Gasteiger partial charge in [0.2, 0.25) is 0 Å². The van der Waals surface area contributed by atoms with Crippen molar-refractivity contribution >= 4 is 5.78 Å². The van der Waals surface area contributed by atoms with Gasteiger partial charge in [0.05, 0.1) is 13.0 Å². The maximum absolute atomic E-state index is 13.1. The number of ether oxygens (including phenoxy) is 1. The first-order valence-corrected chi connectivity index (χ1v) is 7.66. The number of carbonyl (C=O) groups excluding carboxylic acids is 1. The van der Waals surface area contributed by atoms with Crippen LogP contribution in [0.25, 0.3) is 11.1 Å². The molecule has 0 saturated heterocycles. The lowest BCUT2D eigenvalue weighted by atomic mass is 9.89. The summed E-state index contributed by atoms with van der Waals surface area (Å²) >= 11 is 0. The third-order valence-corrected chi connectivity index (χ3v) is 4.47. The lowest BCUT2D eigenvalue weighted by Crippen LogP contribution is -2.12. The van der Waals surface area contributed by atoms with Crippen molar-refractivity contribution in [1.29, 1.82) is 0 Å². The Morgan fingerprint density at radius 1 is 0.783 bits per heavy atom. The second-order valence-corrected chi connectivity index (χ2v) is 5.70. The van der Waals surface area contributed by atoms with E-state index in [2.05, 4.69) is 24.3 Å². The van der Waals surface area contributed by atoms with Crippen LogP contribution in [0.4, 0.5) is 0 Å². The largest absolute Gasteiger partial charge is 0.497 e. The Morgan fingerprint density at radius 3 is 1.83 bits per heavy atom. The van der Waals surface area contributed by atoms with E-state index in [-0.39, 0.29) is 11.7 Å². The highest BCUT2D eigenvalue weighted by Gasteiger charge is 2.33. The van der Waals surface area contributed by atoms with Crippen molar-refractivity contribution in [2.24, 2.45) is 0 Å². The Hall–Kier alpha value is -2.87. The fourth-order valence-electron chi connectivity index (χ4n) is 3.36. The van der Waals surface area contributed by atoms with Gasteiger partial charge in [0.1, 0.15) is 5.75 Å². The third kappa shape index (κ3) is 2.15. The van der Waals surface area contributed by atoms with E-state index >= 15 is 0 Å². The van der Waals surface area contributed by atoms with Gasteiger partial charge in [-0.3, -0.25) is 4.79 Å². The fraction of sp³-hybridized carbons (Fsp3) is 0.0952. The molecule has 0 bridgehead atoms. The van der Waals surface area contributed by atoms with Gasteiger partial charge in [-0.05, 0) is 46.5 Å². The van der Waals surface area contributed by atoms with Crippen LogP contribution in [0, 0.1) is 0 Å². The van der Waals surface area contributed by atoms with Crippen molar-refractivity contribution in [3.05, 3.63) is 89.5 Å². The van der Waals surface area contributed by atoms with Crippen molar-refractivity contribution < 1.29 is 9.53 Å². The van der Waals surface area contributed by atoms with Crippen LogP contribution < -0.4 is 4.74 Å². The van der Waals surface area contributed by atoms with Crippen molar-refractivity contribution in [2.45, 2.75) is 5.92 Å². The molecule has 0 radical (unpaired) electrons. The molecule has 0 atom stereocenters. The number of fused-ring (bicyclic) bond motifs is 3. The van der Waals surface area contributed by atoms with Crippen LogP contribution in [0.2, 0.25) is 0 Å². The molecule has 0 aliphatic heterocycles. The van der Waals surface area contributed by atoms with Gasteiger partial charge in [0.25, 0.3) is 0 Å². The van der Waals surface area contributed by atoms with Crippen LogP contribution in [0.15, 0.2) is 72.8 Å². The number of benzene rings is 3. The SMILES string of the molecule is COc1ccc(C(=O)C2c3ccccc3-c3ccccc32)cc1. The Bertz CT molecular complexity index is 833. The van der Waals surface area contributed by atoms with Gasteiger partial charge in [-0.2, -0.15) is 0 Å². The Morgan fingerprint density at radius 2 is 1.30 bits per heavy atom. The summed E-state index contributed by atoms with van der Waals surface area (Å²) in [5, 5.41) is 0. The molecule has 1 aliphatic rings. The number of methoxy groups -OCH3 is 1. The first-order valence-electron chi connectivity index (χ1n) is 7.66. The first-order chi connectivity index (χ1) is 11.3. The molecule has 0 heterocycles. The first kappa shape index (κ1) is 13.8. The smallest absolute Gasteiger partial charge is 0.174 e. The quantitative estimate of drug-likeness (QED) is 0.656. The van der Waals surface area contributed by atoms with Gasteiger partial charge in [0, 0.05) is 5.56 Å². The predicted octanol–water partition coefficient (Wildman–Crippen LogP) is 4.69. The van der Waals surface area contributed by atoms with Crippen molar-refractivity contribution in [3.63, 3.8) is 0 Å². The second kappa shape index (κ2) is 5.40. The zero-order valence-corrected chi connectivity index (χ0v) is 12.8. The van der Waals surface area contributed by atoms with E-state index in [1.165, 1.54) is 0 Å². The molecule has 23 heavy (non-hydrogen) atoms. The summed E-state index contributed by atoms with van der Waals surface area (Å²) in [5.41, 5.74) is 5.22. The van der Waals surface area contributed by atoms with Gasteiger partial charge < -0.3 is 4.74 Å². The zero-order chi connectivity index (χ0) is 15.8. The second-order valence-electron chi connectivity index (χ2n) is 5.70. The average Bonchev–Trinajstić information content (AvgIpc) is 2.96. The van der Waals surface area contributed by atoms with E-state index in [0.29, 0.717) is 5.56 Å². The van der Waals surface area contributed by atoms with Crippen LogP contribution in [0.5, 0.6) is 5.75 Å². The number of hydrogen-bond acceptors (Lipinski definition) is 2. The van der Waals surface area contributed by atoms with Gasteiger partial charge in [-0.1, -0.05) is 48.5 Å². The van der Waals surface area contributed by atoms with E-state index in [0.717, 1.165) is 28.0 Å². The molecular formula is C21H16O2. The topological polar surface area (TPSA) is 26.3 Å². The molecule has 3 aromatic carbocycles. The summed E-state index contributed by atoms with van der Waals surface area (Å²) < 4.78 is 5.18. The minimum absolute atomic E-state index is 0.130. The molecular weight excluding hydrogens is 284 g/mol. The van der Waals surface area contributed by atoms with Crippen molar-refractivity contribution in [3.8, 4) is 16.9 Å². The molecule has 4 rings (SSSR count). The predicted molar refractivity (Wildman–Crippen MR) is 91.0 cm³/mol. The molecule has 1 aliphatic carbocycles. The minimum atomic E-state index is -0.226. The van der Waals surface area contributed by atoms with Gasteiger partial charge in [-0.15, -0.1) is 0 Å². The molecule has 0 amide bonds. The van der Waals surface area contributed by atoms with E-state index in [1.807, 2.05) is 48.5 Å². The van der Waals surface area contributed by atoms with Gasteiger partial charge in [0.15, 0.2) is 5.78 Å². The van der Waals surface area contributed by atoms with Crippen LogP contribution >= 0.6 is 0 Å². The lowest BCUT2D eigenvalue weighted by Gasteiger charge is -2.13. The molecule has 2 nitrogen and oxygen atoms in total. The summed E-state index contributed by atoms with van der Waals surface area (Å²) in [6.45, 7) is 0. The summed E-state index contributed by atoms with van der Waals surface area (Å²) in [4.78, 5) is 13.1. The molecule has 0 unspecified atom stereocenters. The van der Waals surface area contributed by atoms with Crippen LogP contribution in [0.3, 0.4) is 0 Å². The fourth-order valence-corrected chi connectivity index (χ4v) is 3.36. The number of hydrogen-bond donors (Lipinski definition) is 0. The van der Waals surface area contributed by atoms with E-state index in [9.17, 15) is 4.79 Å².